The van der Waals surface area contributed by atoms with Gasteiger partial charge in [-0.2, -0.15) is 0 Å². The van der Waals surface area contributed by atoms with Gasteiger partial charge in [0, 0.05) is 12.7 Å². The van der Waals surface area contributed by atoms with Crippen LogP contribution < -0.4 is 0 Å². The molecule has 2 rings (SSSR count). The fourth-order valence-electron chi connectivity index (χ4n) is 2.31. The average molecular weight is 254 g/mol. The fourth-order valence-corrected chi connectivity index (χ4v) is 2.31. The lowest BCUT2D eigenvalue weighted by Gasteiger charge is -2.28. The Labute approximate surface area is 106 Å². The summed E-state index contributed by atoms with van der Waals surface area (Å²) < 4.78 is 16.0. The van der Waals surface area contributed by atoms with E-state index in [1.54, 1.807) is 13.2 Å². The Morgan fingerprint density at radius 3 is 3.00 bits per heavy atom. The van der Waals surface area contributed by atoms with E-state index in [0.29, 0.717) is 5.56 Å². The molecular weight excluding hydrogens is 236 g/mol. The van der Waals surface area contributed by atoms with Crippen molar-refractivity contribution in [3.63, 3.8) is 0 Å². The zero-order chi connectivity index (χ0) is 13.0. The van der Waals surface area contributed by atoms with Crippen LogP contribution in [-0.4, -0.2) is 30.4 Å². The van der Waals surface area contributed by atoms with Crippen LogP contribution in [0.2, 0.25) is 0 Å². The Kier molecular flexibility index (Phi) is 4.38. The number of aromatic carboxylic acids is 1. The molecule has 0 amide bonds. The lowest BCUT2D eigenvalue weighted by atomic mass is 9.95. The van der Waals surface area contributed by atoms with Crippen molar-refractivity contribution in [3.05, 3.63) is 23.7 Å². The molecule has 18 heavy (non-hydrogen) atoms. The summed E-state index contributed by atoms with van der Waals surface area (Å²) in [6, 6.07) is 1.64. The van der Waals surface area contributed by atoms with Crippen LogP contribution in [-0.2, 0) is 16.1 Å². The minimum absolute atomic E-state index is 0.0332. The quantitative estimate of drug-likeness (QED) is 0.874. The van der Waals surface area contributed by atoms with Gasteiger partial charge in [-0.1, -0.05) is 0 Å². The molecule has 0 saturated heterocycles. The summed E-state index contributed by atoms with van der Waals surface area (Å²) in [5, 5.41) is 8.90. The van der Waals surface area contributed by atoms with E-state index in [2.05, 4.69) is 0 Å². The van der Waals surface area contributed by atoms with E-state index >= 15 is 0 Å². The molecule has 0 spiro atoms. The van der Waals surface area contributed by atoms with Crippen LogP contribution in [0.3, 0.4) is 0 Å². The number of hydrogen-bond acceptors (Lipinski definition) is 4. The number of carboxylic acids is 1. The van der Waals surface area contributed by atoms with Gasteiger partial charge in [0.15, 0.2) is 0 Å². The average Bonchev–Trinajstić information content (AvgIpc) is 2.85. The summed E-state index contributed by atoms with van der Waals surface area (Å²) in [5.74, 6) is -1.09. The van der Waals surface area contributed by atoms with Gasteiger partial charge in [0.05, 0.1) is 25.1 Å². The highest BCUT2D eigenvalue weighted by Crippen LogP contribution is 2.24. The second kappa shape index (κ2) is 6.02. The Bertz CT molecular complexity index is 398. The van der Waals surface area contributed by atoms with Gasteiger partial charge in [-0.25, -0.2) is 4.79 Å². The Balaban J connectivity index is 1.87. The maximum absolute atomic E-state index is 10.9. The molecule has 1 aromatic heterocycles. The molecule has 1 aromatic rings. The number of hydrogen-bond donors (Lipinski definition) is 1. The normalized spacial score (nSPS) is 24.1. The highest BCUT2D eigenvalue weighted by atomic mass is 16.5. The van der Waals surface area contributed by atoms with E-state index in [4.69, 9.17) is 19.0 Å². The number of ether oxygens (including phenoxy) is 2. The molecule has 5 nitrogen and oxygen atoms in total. The second-order valence-corrected chi connectivity index (χ2v) is 4.54. The Morgan fingerprint density at radius 2 is 2.28 bits per heavy atom. The molecule has 100 valence electrons. The molecule has 1 heterocycles. The molecule has 1 aliphatic carbocycles. The lowest BCUT2D eigenvalue weighted by Crippen LogP contribution is -2.27. The Morgan fingerprint density at radius 1 is 1.50 bits per heavy atom. The third-order valence-corrected chi connectivity index (χ3v) is 3.33. The van der Waals surface area contributed by atoms with Gasteiger partial charge >= 0.3 is 5.97 Å². The van der Waals surface area contributed by atoms with Crippen molar-refractivity contribution in [1.82, 2.24) is 0 Å². The molecule has 5 heteroatoms. The smallest absolute Gasteiger partial charge is 0.372 e. The van der Waals surface area contributed by atoms with Crippen molar-refractivity contribution in [1.29, 1.82) is 0 Å². The molecule has 0 radical (unpaired) electrons. The predicted octanol–water partition coefficient (Wildman–Crippen LogP) is 2.45. The third-order valence-electron chi connectivity index (χ3n) is 3.33. The first kappa shape index (κ1) is 13.1. The van der Waals surface area contributed by atoms with Crippen LogP contribution in [0.1, 0.15) is 41.8 Å². The molecule has 1 saturated carbocycles. The zero-order valence-corrected chi connectivity index (χ0v) is 10.4. The lowest BCUT2D eigenvalue weighted by molar-refractivity contribution is -0.0367. The first-order chi connectivity index (χ1) is 8.70. The Hall–Kier alpha value is -1.33. The van der Waals surface area contributed by atoms with E-state index in [-0.39, 0.29) is 24.6 Å². The SMILES string of the molecule is COC1CCCC(OCc2ccoc2C(=O)O)C1. The van der Waals surface area contributed by atoms with Gasteiger partial charge in [-0.3, -0.25) is 0 Å². The number of furan rings is 1. The van der Waals surface area contributed by atoms with E-state index in [1.165, 1.54) is 6.26 Å². The summed E-state index contributed by atoms with van der Waals surface area (Å²) in [6.45, 7) is 0.277. The summed E-state index contributed by atoms with van der Waals surface area (Å²) in [4.78, 5) is 10.9. The van der Waals surface area contributed by atoms with Crippen LogP contribution in [0.15, 0.2) is 16.7 Å². The van der Waals surface area contributed by atoms with Crippen LogP contribution >= 0.6 is 0 Å². The first-order valence-corrected chi connectivity index (χ1v) is 6.14. The van der Waals surface area contributed by atoms with Crippen molar-refractivity contribution in [2.45, 2.75) is 44.5 Å². The van der Waals surface area contributed by atoms with Crippen LogP contribution in [0.25, 0.3) is 0 Å². The van der Waals surface area contributed by atoms with Gasteiger partial charge in [-0.05, 0) is 31.7 Å². The summed E-state index contributed by atoms with van der Waals surface area (Å²) in [5.41, 5.74) is 0.585. The number of carbonyl (C=O) groups is 1. The van der Waals surface area contributed by atoms with E-state index in [0.717, 1.165) is 25.7 Å². The molecule has 1 fully saturated rings. The van der Waals surface area contributed by atoms with E-state index in [1.807, 2.05) is 0 Å². The van der Waals surface area contributed by atoms with E-state index in [9.17, 15) is 4.79 Å². The molecular formula is C13H18O5. The maximum Gasteiger partial charge on any atom is 0.372 e. The highest BCUT2D eigenvalue weighted by molar-refractivity contribution is 5.85. The van der Waals surface area contributed by atoms with Crippen LogP contribution in [0.5, 0.6) is 0 Å². The fraction of sp³-hybridized carbons (Fsp3) is 0.615. The number of carboxylic acid groups (broad SMARTS) is 1. The minimum atomic E-state index is -1.06. The monoisotopic (exact) mass is 254 g/mol. The van der Waals surface area contributed by atoms with Crippen LogP contribution in [0, 0.1) is 0 Å². The largest absolute Gasteiger partial charge is 0.475 e. The zero-order valence-electron chi connectivity index (χ0n) is 10.4. The predicted molar refractivity (Wildman–Crippen MR) is 63.5 cm³/mol. The molecule has 0 aromatic carbocycles. The van der Waals surface area contributed by atoms with Gasteiger partial charge < -0.3 is 19.0 Å². The summed E-state index contributed by atoms with van der Waals surface area (Å²) in [6.07, 6.45) is 5.80. The second-order valence-electron chi connectivity index (χ2n) is 4.54. The molecule has 0 aliphatic heterocycles. The molecule has 2 unspecified atom stereocenters. The maximum atomic E-state index is 10.9. The van der Waals surface area contributed by atoms with Crippen LogP contribution in [0.4, 0.5) is 0 Å². The summed E-state index contributed by atoms with van der Waals surface area (Å²) >= 11 is 0. The van der Waals surface area contributed by atoms with Gasteiger partial charge in [-0.15, -0.1) is 0 Å². The summed E-state index contributed by atoms with van der Waals surface area (Å²) in [7, 11) is 1.71. The molecule has 1 N–H and O–H groups in total. The molecule has 2 atom stereocenters. The minimum Gasteiger partial charge on any atom is -0.475 e. The van der Waals surface area contributed by atoms with Gasteiger partial charge in [0.25, 0.3) is 0 Å². The standard InChI is InChI=1S/C13H18O5/c1-16-10-3-2-4-11(7-10)18-8-9-5-6-17-12(9)13(14)15/h5-6,10-11H,2-4,7-8H2,1H3,(H,14,15). The van der Waals surface area contributed by atoms with Crippen molar-refractivity contribution in [3.8, 4) is 0 Å². The van der Waals surface area contributed by atoms with Gasteiger partial charge in [0.1, 0.15) is 0 Å². The number of rotatable bonds is 5. The van der Waals surface area contributed by atoms with Crippen molar-refractivity contribution in [2.24, 2.45) is 0 Å². The topological polar surface area (TPSA) is 68.9 Å². The van der Waals surface area contributed by atoms with Crippen molar-refractivity contribution in [2.75, 3.05) is 7.11 Å². The van der Waals surface area contributed by atoms with Gasteiger partial charge in [0.2, 0.25) is 5.76 Å². The van der Waals surface area contributed by atoms with Crippen molar-refractivity contribution < 1.29 is 23.8 Å². The van der Waals surface area contributed by atoms with Crippen molar-refractivity contribution >= 4 is 5.97 Å². The van der Waals surface area contributed by atoms with E-state index < -0.39 is 5.97 Å². The highest BCUT2D eigenvalue weighted by Gasteiger charge is 2.23. The molecule has 1 aliphatic rings. The first-order valence-electron chi connectivity index (χ1n) is 6.14. The third kappa shape index (κ3) is 3.11. The molecule has 0 bridgehead atoms. The number of methoxy groups -OCH3 is 1.